The van der Waals surface area contributed by atoms with Gasteiger partial charge in [-0.05, 0) is 24.1 Å². The molecule has 2 aromatic carbocycles. The highest BCUT2D eigenvalue weighted by molar-refractivity contribution is 5.56. The van der Waals surface area contributed by atoms with E-state index in [-0.39, 0.29) is 0 Å². The lowest BCUT2D eigenvalue weighted by molar-refractivity contribution is 0.220. The molecule has 21 heavy (non-hydrogen) atoms. The number of nitrogens with zero attached hydrogens (tertiary/aromatic N) is 1. The molecule has 0 aromatic heterocycles. The molecule has 0 radical (unpaired) electrons. The molecular formula is C18H20N2O. The van der Waals surface area contributed by atoms with E-state index in [1.807, 2.05) is 6.07 Å². The van der Waals surface area contributed by atoms with Gasteiger partial charge >= 0.3 is 0 Å². The average Bonchev–Trinajstić information content (AvgIpc) is 2.79. The minimum Gasteiger partial charge on any atom is -0.492 e. The van der Waals surface area contributed by atoms with Gasteiger partial charge in [-0.3, -0.25) is 4.90 Å². The summed E-state index contributed by atoms with van der Waals surface area (Å²) in [4.78, 5) is 2.50. The van der Waals surface area contributed by atoms with E-state index in [2.05, 4.69) is 52.7 Å². The summed E-state index contributed by atoms with van der Waals surface area (Å²) < 4.78 is 5.84. The van der Waals surface area contributed by atoms with Gasteiger partial charge in [0.1, 0.15) is 12.4 Å². The first-order valence-electron chi connectivity index (χ1n) is 7.66. The zero-order chi connectivity index (χ0) is 14.1. The third kappa shape index (κ3) is 2.61. The zero-order valence-electron chi connectivity index (χ0n) is 12.1. The minimum atomic E-state index is 0.507. The summed E-state index contributed by atoms with van der Waals surface area (Å²) in [6.07, 6.45) is 1.12. The molecule has 0 saturated heterocycles. The highest BCUT2D eigenvalue weighted by Gasteiger charge is 2.23. The largest absolute Gasteiger partial charge is 0.492 e. The van der Waals surface area contributed by atoms with Gasteiger partial charge in [0.15, 0.2) is 0 Å². The van der Waals surface area contributed by atoms with Crippen molar-refractivity contribution in [2.45, 2.75) is 19.0 Å². The van der Waals surface area contributed by atoms with Gasteiger partial charge < -0.3 is 10.1 Å². The molecule has 0 saturated carbocycles. The summed E-state index contributed by atoms with van der Waals surface area (Å²) in [5, 5.41) is 3.64. The molecule has 3 nitrogen and oxygen atoms in total. The maximum Gasteiger partial charge on any atom is 0.123 e. The van der Waals surface area contributed by atoms with Crippen LogP contribution >= 0.6 is 0 Å². The molecule has 2 aromatic rings. The fourth-order valence-corrected chi connectivity index (χ4v) is 3.33. The lowest BCUT2D eigenvalue weighted by Crippen LogP contribution is -2.36. The van der Waals surface area contributed by atoms with Crippen LogP contribution in [0.4, 0.5) is 5.69 Å². The van der Waals surface area contributed by atoms with Gasteiger partial charge in [0, 0.05) is 36.9 Å². The predicted molar refractivity (Wildman–Crippen MR) is 84.8 cm³/mol. The van der Waals surface area contributed by atoms with Gasteiger partial charge in [-0.15, -0.1) is 0 Å². The Labute approximate surface area is 125 Å². The first-order valence-corrected chi connectivity index (χ1v) is 7.66. The lowest BCUT2D eigenvalue weighted by Gasteiger charge is -2.23. The van der Waals surface area contributed by atoms with E-state index in [1.165, 1.54) is 16.8 Å². The van der Waals surface area contributed by atoms with Crippen LogP contribution in [0.15, 0.2) is 48.5 Å². The van der Waals surface area contributed by atoms with E-state index in [1.54, 1.807) is 0 Å². The van der Waals surface area contributed by atoms with Crippen LogP contribution in [0, 0.1) is 0 Å². The maximum atomic E-state index is 5.84. The van der Waals surface area contributed by atoms with E-state index in [0.717, 1.165) is 38.4 Å². The van der Waals surface area contributed by atoms with Crippen LogP contribution in [0.5, 0.6) is 5.75 Å². The molecule has 108 valence electrons. The summed E-state index contributed by atoms with van der Waals surface area (Å²) in [5.74, 6) is 1.04. The first-order chi connectivity index (χ1) is 10.4. The Hall–Kier alpha value is -2.00. The number of hydrogen-bond acceptors (Lipinski definition) is 3. The number of benzene rings is 2. The maximum absolute atomic E-state index is 5.84. The van der Waals surface area contributed by atoms with Gasteiger partial charge in [-0.2, -0.15) is 0 Å². The quantitative estimate of drug-likeness (QED) is 0.915. The predicted octanol–water partition coefficient (Wildman–Crippen LogP) is 2.92. The highest BCUT2D eigenvalue weighted by Crippen LogP contribution is 2.27. The Kier molecular flexibility index (Phi) is 3.28. The fraction of sp³-hybridized carbons (Fsp3) is 0.333. The highest BCUT2D eigenvalue weighted by atomic mass is 16.5. The molecule has 3 heteroatoms. The normalized spacial score (nSPS) is 20.9. The van der Waals surface area contributed by atoms with Crippen molar-refractivity contribution in [1.29, 1.82) is 0 Å². The van der Waals surface area contributed by atoms with Crippen LogP contribution in [0.1, 0.15) is 11.1 Å². The number of anilines is 1. The summed E-state index contributed by atoms with van der Waals surface area (Å²) in [6, 6.07) is 17.5. The molecule has 1 atom stereocenters. The van der Waals surface area contributed by atoms with Crippen molar-refractivity contribution in [1.82, 2.24) is 4.90 Å². The molecule has 2 aliphatic rings. The SMILES string of the molecule is c1ccc2c(c1)CC(CN1CCOc3ccccc3C1)N2. The molecule has 0 fully saturated rings. The topological polar surface area (TPSA) is 24.5 Å². The lowest BCUT2D eigenvalue weighted by atomic mass is 10.1. The van der Waals surface area contributed by atoms with Crippen molar-refractivity contribution in [3.8, 4) is 5.75 Å². The van der Waals surface area contributed by atoms with Gasteiger partial charge in [-0.25, -0.2) is 0 Å². The Morgan fingerprint density at radius 1 is 1.05 bits per heavy atom. The second-order valence-corrected chi connectivity index (χ2v) is 5.89. The number of fused-ring (bicyclic) bond motifs is 2. The second-order valence-electron chi connectivity index (χ2n) is 5.89. The van der Waals surface area contributed by atoms with E-state index in [0.29, 0.717) is 6.04 Å². The summed E-state index contributed by atoms with van der Waals surface area (Å²) in [5.41, 5.74) is 4.04. The minimum absolute atomic E-state index is 0.507. The Bertz CT molecular complexity index is 616. The number of nitrogens with one attached hydrogen (secondary N) is 1. The van der Waals surface area contributed by atoms with Crippen LogP contribution in [0.3, 0.4) is 0 Å². The van der Waals surface area contributed by atoms with Gasteiger partial charge in [0.25, 0.3) is 0 Å². The van der Waals surface area contributed by atoms with Crippen LogP contribution < -0.4 is 10.1 Å². The fourth-order valence-electron chi connectivity index (χ4n) is 3.33. The Morgan fingerprint density at radius 3 is 2.76 bits per heavy atom. The van der Waals surface area contributed by atoms with Crippen molar-refractivity contribution in [2.24, 2.45) is 0 Å². The van der Waals surface area contributed by atoms with Crippen LogP contribution in [0.2, 0.25) is 0 Å². The molecule has 4 rings (SSSR count). The van der Waals surface area contributed by atoms with Gasteiger partial charge in [-0.1, -0.05) is 36.4 Å². The summed E-state index contributed by atoms with van der Waals surface area (Å²) in [7, 11) is 0. The number of hydrogen-bond donors (Lipinski definition) is 1. The second kappa shape index (κ2) is 5.41. The van der Waals surface area contributed by atoms with Crippen molar-refractivity contribution < 1.29 is 4.74 Å². The van der Waals surface area contributed by atoms with Crippen molar-refractivity contribution >= 4 is 5.69 Å². The molecule has 0 spiro atoms. The summed E-state index contributed by atoms with van der Waals surface area (Å²) >= 11 is 0. The average molecular weight is 280 g/mol. The Balaban J connectivity index is 1.45. The zero-order valence-corrected chi connectivity index (χ0v) is 12.1. The van der Waals surface area contributed by atoms with E-state index >= 15 is 0 Å². The van der Waals surface area contributed by atoms with E-state index in [4.69, 9.17) is 4.74 Å². The van der Waals surface area contributed by atoms with Crippen LogP contribution in [-0.2, 0) is 13.0 Å². The van der Waals surface area contributed by atoms with Crippen molar-refractivity contribution in [3.63, 3.8) is 0 Å². The number of para-hydroxylation sites is 2. The van der Waals surface area contributed by atoms with E-state index in [9.17, 15) is 0 Å². The first kappa shape index (κ1) is 12.7. The monoisotopic (exact) mass is 280 g/mol. The van der Waals surface area contributed by atoms with Crippen molar-refractivity contribution in [3.05, 3.63) is 59.7 Å². The standard InChI is InChI=1S/C18H20N2O/c1-3-7-17-14(5-1)11-16(19-17)13-20-9-10-21-18-8-4-2-6-15(18)12-20/h1-8,16,19H,9-13H2. The molecule has 0 aliphatic carbocycles. The van der Waals surface area contributed by atoms with Crippen molar-refractivity contribution in [2.75, 3.05) is 25.0 Å². The smallest absolute Gasteiger partial charge is 0.123 e. The molecule has 1 unspecified atom stereocenters. The van der Waals surface area contributed by atoms with Gasteiger partial charge in [0.2, 0.25) is 0 Å². The molecule has 0 amide bonds. The molecule has 2 aliphatic heterocycles. The number of ether oxygens (including phenoxy) is 1. The number of rotatable bonds is 2. The molecular weight excluding hydrogens is 260 g/mol. The third-order valence-corrected chi connectivity index (χ3v) is 4.35. The van der Waals surface area contributed by atoms with Crippen LogP contribution in [-0.4, -0.2) is 30.6 Å². The van der Waals surface area contributed by atoms with E-state index < -0.39 is 0 Å². The molecule has 2 heterocycles. The summed E-state index contributed by atoms with van der Waals surface area (Å²) in [6.45, 7) is 3.80. The molecule has 0 bridgehead atoms. The van der Waals surface area contributed by atoms with Crippen LogP contribution in [0.25, 0.3) is 0 Å². The Morgan fingerprint density at radius 2 is 1.86 bits per heavy atom. The third-order valence-electron chi connectivity index (χ3n) is 4.35. The molecule has 1 N–H and O–H groups in total. The van der Waals surface area contributed by atoms with Gasteiger partial charge in [0.05, 0.1) is 0 Å².